The van der Waals surface area contributed by atoms with Crippen molar-refractivity contribution >= 4 is 17.8 Å². The van der Waals surface area contributed by atoms with Gasteiger partial charge in [-0.2, -0.15) is 0 Å². The van der Waals surface area contributed by atoms with Crippen LogP contribution in [-0.4, -0.2) is 49.8 Å². The molecule has 0 saturated carbocycles. The largest absolute Gasteiger partial charge is 0.486 e. The number of carbonyl (C=O) groups is 1. The number of halogens is 1. The van der Waals surface area contributed by atoms with Crippen molar-refractivity contribution in [2.75, 3.05) is 38.1 Å². The highest BCUT2D eigenvalue weighted by Gasteiger charge is 2.22. The highest BCUT2D eigenvalue weighted by Crippen LogP contribution is 2.17. The Labute approximate surface area is 147 Å². The second kappa shape index (κ2) is 9.17. The Morgan fingerprint density at radius 1 is 1.40 bits per heavy atom. The van der Waals surface area contributed by atoms with Crippen LogP contribution in [0, 0.1) is 18.2 Å². The standard InChI is InChI=1S/C18H25FN4O2/c1-3-8-25-17(16(12-20)23-6-4-21-5-7-23)18(24)22-15-10-13(2)9-14(19)11-15/h9-12,20-21H,3-8H2,1-2H3,(H,22,24)/b17-16-,20-12?. The quantitative estimate of drug-likeness (QED) is 0.401. The molecule has 0 aliphatic carbocycles. The lowest BCUT2D eigenvalue weighted by Gasteiger charge is -2.30. The van der Waals surface area contributed by atoms with Gasteiger partial charge in [-0.1, -0.05) is 6.92 Å². The third-order valence-corrected chi connectivity index (χ3v) is 3.78. The number of piperazine rings is 1. The van der Waals surface area contributed by atoms with Crippen LogP contribution in [0.15, 0.2) is 29.7 Å². The number of ether oxygens (including phenoxy) is 1. The minimum Gasteiger partial charge on any atom is -0.486 e. The molecule has 1 fully saturated rings. The molecule has 6 nitrogen and oxygen atoms in total. The normalized spacial score (nSPS) is 15.4. The van der Waals surface area contributed by atoms with Crippen molar-refractivity contribution in [3.8, 4) is 0 Å². The van der Waals surface area contributed by atoms with E-state index in [1.165, 1.54) is 12.1 Å². The van der Waals surface area contributed by atoms with E-state index in [4.69, 9.17) is 10.1 Å². The summed E-state index contributed by atoms with van der Waals surface area (Å²) in [6.07, 6.45) is 1.88. The first-order valence-corrected chi connectivity index (χ1v) is 8.47. The molecular weight excluding hydrogens is 323 g/mol. The lowest BCUT2D eigenvalue weighted by molar-refractivity contribution is -0.116. The predicted molar refractivity (Wildman–Crippen MR) is 96.3 cm³/mol. The lowest BCUT2D eigenvalue weighted by atomic mass is 10.2. The second-order valence-electron chi connectivity index (χ2n) is 5.92. The van der Waals surface area contributed by atoms with Crippen molar-refractivity contribution in [3.63, 3.8) is 0 Å². The Morgan fingerprint density at radius 2 is 2.12 bits per heavy atom. The van der Waals surface area contributed by atoms with Crippen molar-refractivity contribution in [2.24, 2.45) is 0 Å². The van der Waals surface area contributed by atoms with Crippen LogP contribution in [0.5, 0.6) is 0 Å². The molecule has 0 unspecified atom stereocenters. The number of hydrogen-bond donors (Lipinski definition) is 3. The second-order valence-corrected chi connectivity index (χ2v) is 5.92. The van der Waals surface area contributed by atoms with Crippen LogP contribution in [-0.2, 0) is 9.53 Å². The molecule has 1 aliphatic heterocycles. The summed E-state index contributed by atoms with van der Waals surface area (Å²) in [6, 6.07) is 4.34. The molecule has 7 heteroatoms. The molecule has 0 radical (unpaired) electrons. The molecule has 1 saturated heterocycles. The van der Waals surface area contributed by atoms with E-state index in [0.29, 0.717) is 36.6 Å². The summed E-state index contributed by atoms with van der Waals surface area (Å²) in [7, 11) is 0. The van der Waals surface area contributed by atoms with E-state index in [1.807, 2.05) is 11.8 Å². The zero-order valence-corrected chi connectivity index (χ0v) is 14.7. The summed E-state index contributed by atoms with van der Waals surface area (Å²) >= 11 is 0. The molecule has 136 valence electrons. The zero-order valence-electron chi connectivity index (χ0n) is 14.7. The SMILES string of the molecule is CCCO/C(C(=O)Nc1cc(C)cc(F)c1)=C(/C=N)N1CCNCC1. The van der Waals surface area contributed by atoms with Crippen LogP contribution in [0.25, 0.3) is 0 Å². The molecule has 25 heavy (non-hydrogen) atoms. The first-order chi connectivity index (χ1) is 12.0. The maximum absolute atomic E-state index is 13.6. The average molecular weight is 348 g/mol. The molecule has 0 bridgehead atoms. The van der Waals surface area contributed by atoms with E-state index in [1.54, 1.807) is 13.0 Å². The Morgan fingerprint density at radius 3 is 2.72 bits per heavy atom. The number of anilines is 1. The Balaban J connectivity index is 2.28. The van der Waals surface area contributed by atoms with Crippen LogP contribution in [0.4, 0.5) is 10.1 Å². The average Bonchev–Trinajstić information content (AvgIpc) is 2.58. The Bertz CT molecular complexity index is 634. The maximum atomic E-state index is 13.6. The lowest BCUT2D eigenvalue weighted by Crippen LogP contribution is -2.44. The number of nitrogens with one attached hydrogen (secondary N) is 3. The predicted octanol–water partition coefficient (Wildman–Crippen LogP) is 2.27. The fourth-order valence-corrected chi connectivity index (χ4v) is 2.66. The summed E-state index contributed by atoms with van der Waals surface area (Å²) < 4.78 is 19.2. The minimum absolute atomic E-state index is 0.0978. The van der Waals surface area contributed by atoms with Gasteiger partial charge in [0, 0.05) is 38.1 Å². The van der Waals surface area contributed by atoms with E-state index in [9.17, 15) is 9.18 Å². The Kier molecular flexibility index (Phi) is 6.94. The van der Waals surface area contributed by atoms with Gasteiger partial charge in [-0.3, -0.25) is 4.79 Å². The molecule has 1 amide bonds. The fraction of sp³-hybridized carbons (Fsp3) is 0.444. The van der Waals surface area contributed by atoms with E-state index < -0.39 is 11.7 Å². The molecule has 1 aromatic carbocycles. The molecule has 1 aliphatic rings. The smallest absolute Gasteiger partial charge is 0.293 e. The van der Waals surface area contributed by atoms with E-state index >= 15 is 0 Å². The number of carbonyl (C=O) groups excluding carboxylic acids is 1. The number of aryl methyl sites for hydroxylation is 1. The van der Waals surface area contributed by atoms with Gasteiger partial charge < -0.3 is 25.7 Å². The van der Waals surface area contributed by atoms with Gasteiger partial charge in [0.1, 0.15) is 11.5 Å². The number of amides is 1. The maximum Gasteiger partial charge on any atom is 0.293 e. The van der Waals surface area contributed by atoms with Crippen LogP contribution < -0.4 is 10.6 Å². The summed E-state index contributed by atoms with van der Waals surface area (Å²) in [6.45, 7) is 7.01. The highest BCUT2D eigenvalue weighted by molar-refractivity contribution is 6.05. The fourth-order valence-electron chi connectivity index (χ4n) is 2.66. The molecular formula is C18H25FN4O2. The van der Waals surface area contributed by atoms with Gasteiger partial charge in [-0.15, -0.1) is 0 Å². The van der Waals surface area contributed by atoms with E-state index in [0.717, 1.165) is 25.7 Å². The number of rotatable bonds is 7. The number of allylic oxidation sites excluding steroid dienone is 1. The molecule has 3 N–H and O–H groups in total. The molecule has 0 atom stereocenters. The zero-order chi connectivity index (χ0) is 18.2. The van der Waals surface area contributed by atoms with Gasteiger partial charge in [0.05, 0.1) is 6.61 Å². The van der Waals surface area contributed by atoms with Gasteiger partial charge in [-0.25, -0.2) is 4.39 Å². The highest BCUT2D eigenvalue weighted by atomic mass is 19.1. The van der Waals surface area contributed by atoms with Crippen molar-refractivity contribution in [2.45, 2.75) is 20.3 Å². The van der Waals surface area contributed by atoms with Gasteiger partial charge in [0.2, 0.25) is 5.76 Å². The van der Waals surface area contributed by atoms with Gasteiger partial charge in [-0.05, 0) is 37.1 Å². The van der Waals surface area contributed by atoms with Gasteiger partial charge in [0.15, 0.2) is 0 Å². The summed E-state index contributed by atoms with van der Waals surface area (Å²) in [4.78, 5) is 14.7. The van der Waals surface area contributed by atoms with E-state index in [2.05, 4.69) is 10.6 Å². The van der Waals surface area contributed by atoms with Crippen molar-refractivity contribution in [3.05, 3.63) is 41.0 Å². The van der Waals surface area contributed by atoms with E-state index in [-0.39, 0.29) is 5.76 Å². The van der Waals surface area contributed by atoms with Crippen molar-refractivity contribution in [1.29, 1.82) is 5.41 Å². The minimum atomic E-state index is -0.476. The third-order valence-electron chi connectivity index (χ3n) is 3.78. The van der Waals surface area contributed by atoms with Gasteiger partial charge in [0.25, 0.3) is 5.91 Å². The van der Waals surface area contributed by atoms with Gasteiger partial charge >= 0.3 is 0 Å². The monoisotopic (exact) mass is 348 g/mol. The summed E-state index contributed by atoms with van der Waals surface area (Å²) in [5.74, 6) is -0.791. The summed E-state index contributed by atoms with van der Waals surface area (Å²) in [5, 5.41) is 13.7. The first-order valence-electron chi connectivity index (χ1n) is 8.47. The summed E-state index contributed by atoms with van der Waals surface area (Å²) in [5.41, 5.74) is 1.52. The first kappa shape index (κ1) is 18.9. The molecule has 2 rings (SSSR count). The Hall–Kier alpha value is -2.41. The van der Waals surface area contributed by atoms with Crippen LogP contribution in [0.3, 0.4) is 0 Å². The molecule has 0 spiro atoms. The molecule has 1 aromatic rings. The van der Waals surface area contributed by atoms with Crippen molar-refractivity contribution in [1.82, 2.24) is 10.2 Å². The van der Waals surface area contributed by atoms with Crippen LogP contribution in [0.1, 0.15) is 18.9 Å². The number of hydrogen-bond acceptors (Lipinski definition) is 5. The topological polar surface area (TPSA) is 77.5 Å². The molecule has 1 heterocycles. The van der Waals surface area contributed by atoms with Crippen molar-refractivity contribution < 1.29 is 13.9 Å². The third kappa shape index (κ3) is 5.29. The van der Waals surface area contributed by atoms with Crippen LogP contribution >= 0.6 is 0 Å². The molecule has 0 aromatic heterocycles. The number of benzene rings is 1. The number of nitrogens with zero attached hydrogens (tertiary/aromatic N) is 1. The van der Waals surface area contributed by atoms with Crippen LogP contribution in [0.2, 0.25) is 0 Å².